The molecule has 0 unspecified atom stereocenters. The molecule has 0 N–H and O–H groups in total. The normalized spacial score (nSPS) is 10.7. The van der Waals surface area contributed by atoms with Gasteiger partial charge in [0.25, 0.3) is 0 Å². The molecule has 3 aromatic heterocycles. The highest BCUT2D eigenvalue weighted by molar-refractivity contribution is 5.87. The van der Waals surface area contributed by atoms with Crippen LogP contribution in [0.3, 0.4) is 0 Å². The van der Waals surface area contributed by atoms with Crippen LogP contribution in [0.5, 0.6) is 5.75 Å². The van der Waals surface area contributed by atoms with Crippen LogP contribution in [0.1, 0.15) is 0 Å². The number of pyridine rings is 2. The van der Waals surface area contributed by atoms with Crippen molar-refractivity contribution < 1.29 is 4.74 Å². The number of ether oxygens (including phenoxy) is 1. The second-order valence-electron chi connectivity index (χ2n) is 6.07. The smallest absolute Gasteiger partial charge is 0.163 e. The summed E-state index contributed by atoms with van der Waals surface area (Å²) in [6.45, 7) is 1.21. The molecule has 0 aliphatic carbocycles. The number of anilines is 1. The minimum atomic E-state index is 0.543. The van der Waals surface area contributed by atoms with Crippen molar-refractivity contribution in [1.29, 1.82) is 0 Å². The van der Waals surface area contributed by atoms with Crippen molar-refractivity contribution in [3.05, 3.63) is 73.2 Å². The fraction of sp³-hybridized carbons (Fsp3) is 0.143. The molecule has 0 atom stereocenters. The maximum Gasteiger partial charge on any atom is 0.163 e. The zero-order valence-corrected chi connectivity index (χ0v) is 15.0. The number of hydrogen-bond acceptors (Lipinski definition) is 6. The van der Waals surface area contributed by atoms with Crippen molar-refractivity contribution in [3.63, 3.8) is 0 Å². The summed E-state index contributed by atoms with van der Waals surface area (Å²) in [6, 6.07) is 17.4. The molecule has 6 heteroatoms. The molecule has 0 saturated heterocycles. The van der Waals surface area contributed by atoms with Crippen LogP contribution in [0.15, 0.2) is 73.2 Å². The molecule has 0 fully saturated rings. The van der Waals surface area contributed by atoms with Crippen molar-refractivity contribution in [1.82, 2.24) is 19.9 Å². The Kier molecular flexibility index (Phi) is 4.87. The Morgan fingerprint density at radius 3 is 2.59 bits per heavy atom. The number of hydrogen-bond donors (Lipinski definition) is 0. The monoisotopic (exact) mass is 357 g/mol. The Morgan fingerprint density at radius 1 is 0.926 bits per heavy atom. The quantitative estimate of drug-likeness (QED) is 0.525. The summed E-state index contributed by atoms with van der Waals surface area (Å²) in [5.41, 5.74) is 2.45. The number of rotatable bonds is 6. The van der Waals surface area contributed by atoms with Gasteiger partial charge in [-0.3, -0.25) is 9.97 Å². The van der Waals surface area contributed by atoms with Crippen molar-refractivity contribution in [2.45, 2.75) is 0 Å². The predicted octanol–water partition coefficient (Wildman–Crippen LogP) is 3.60. The Balaban J connectivity index is 1.61. The number of para-hydroxylation sites is 1. The molecule has 0 amide bonds. The molecule has 3 heterocycles. The van der Waals surface area contributed by atoms with Gasteiger partial charge in [-0.2, -0.15) is 0 Å². The van der Waals surface area contributed by atoms with Crippen LogP contribution in [-0.2, 0) is 0 Å². The average Bonchev–Trinajstić information content (AvgIpc) is 2.74. The van der Waals surface area contributed by atoms with E-state index in [9.17, 15) is 0 Å². The van der Waals surface area contributed by atoms with Gasteiger partial charge >= 0.3 is 0 Å². The van der Waals surface area contributed by atoms with Crippen LogP contribution in [-0.4, -0.2) is 40.1 Å². The van der Waals surface area contributed by atoms with Crippen molar-refractivity contribution >= 4 is 16.9 Å². The van der Waals surface area contributed by atoms with E-state index < -0.39 is 0 Å². The van der Waals surface area contributed by atoms with Crippen molar-refractivity contribution in [2.24, 2.45) is 0 Å². The van der Waals surface area contributed by atoms with E-state index in [4.69, 9.17) is 9.72 Å². The summed E-state index contributed by atoms with van der Waals surface area (Å²) in [7, 11) is 1.98. The summed E-state index contributed by atoms with van der Waals surface area (Å²) in [5.74, 6) is 2.26. The lowest BCUT2D eigenvalue weighted by molar-refractivity contribution is 0.326. The maximum atomic E-state index is 5.81. The Labute approximate surface area is 157 Å². The van der Waals surface area contributed by atoms with E-state index in [0.717, 1.165) is 28.2 Å². The Hall–Kier alpha value is -3.54. The van der Waals surface area contributed by atoms with E-state index >= 15 is 0 Å². The lowest BCUT2D eigenvalue weighted by Crippen LogP contribution is -2.25. The van der Waals surface area contributed by atoms with Gasteiger partial charge in [-0.25, -0.2) is 9.97 Å². The lowest BCUT2D eigenvalue weighted by Gasteiger charge is -2.20. The van der Waals surface area contributed by atoms with Gasteiger partial charge in [0, 0.05) is 31.2 Å². The number of aromatic nitrogens is 4. The first-order valence-electron chi connectivity index (χ1n) is 8.73. The molecule has 0 aliphatic rings. The molecule has 0 saturated carbocycles. The molecule has 27 heavy (non-hydrogen) atoms. The minimum absolute atomic E-state index is 0.543. The average molecular weight is 357 g/mol. The number of benzene rings is 1. The molecule has 1 aromatic carbocycles. The zero-order chi connectivity index (χ0) is 18.5. The molecule has 0 radical (unpaired) electrons. The van der Waals surface area contributed by atoms with Gasteiger partial charge in [0.1, 0.15) is 17.9 Å². The summed E-state index contributed by atoms with van der Waals surface area (Å²) >= 11 is 0. The number of nitrogens with zero attached hydrogens (tertiary/aromatic N) is 5. The van der Waals surface area contributed by atoms with Crippen molar-refractivity contribution in [3.8, 4) is 17.1 Å². The van der Waals surface area contributed by atoms with Gasteiger partial charge < -0.3 is 9.64 Å². The third-order valence-electron chi connectivity index (χ3n) is 4.16. The van der Waals surface area contributed by atoms with Crippen LogP contribution >= 0.6 is 0 Å². The second kappa shape index (κ2) is 7.78. The fourth-order valence-corrected chi connectivity index (χ4v) is 2.76. The van der Waals surface area contributed by atoms with E-state index in [1.807, 2.05) is 66.5 Å². The highest BCUT2D eigenvalue weighted by Crippen LogP contribution is 2.25. The predicted molar refractivity (Wildman–Crippen MR) is 106 cm³/mol. The molecule has 0 spiro atoms. The zero-order valence-electron chi connectivity index (χ0n) is 15.0. The highest BCUT2D eigenvalue weighted by atomic mass is 16.5. The number of likely N-dealkylation sites (N-methyl/N-ethyl adjacent to an activating group) is 1. The third-order valence-corrected chi connectivity index (χ3v) is 4.16. The molecular formula is C21H19N5O. The van der Waals surface area contributed by atoms with E-state index in [-0.39, 0.29) is 0 Å². The van der Waals surface area contributed by atoms with Gasteiger partial charge in [0.15, 0.2) is 11.6 Å². The molecule has 4 aromatic rings. The summed E-state index contributed by atoms with van der Waals surface area (Å²) in [4.78, 5) is 20.1. The summed E-state index contributed by atoms with van der Waals surface area (Å²) in [5, 5.41) is 0. The van der Waals surface area contributed by atoms with Crippen LogP contribution in [0.4, 0.5) is 5.82 Å². The first-order valence-corrected chi connectivity index (χ1v) is 8.73. The van der Waals surface area contributed by atoms with Crippen LogP contribution in [0.25, 0.3) is 22.4 Å². The maximum absolute atomic E-state index is 5.81. The van der Waals surface area contributed by atoms with Gasteiger partial charge in [-0.1, -0.05) is 18.2 Å². The SMILES string of the molecule is CN(CCOc1ccccc1)c1nc(-c2cccnc2)nc2cccnc12. The van der Waals surface area contributed by atoms with Crippen molar-refractivity contribution in [2.75, 3.05) is 25.1 Å². The molecule has 6 nitrogen and oxygen atoms in total. The second-order valence-corrected chi connectivity index (χ2v) is 6.07. The van der Waals surface area contributed by atoms with Crippen LogP contribution in [0, 0.1) is 0 Å². The first-order chi connectivity index (χ1) is 13.3. The number of fused-ring (bicyclic) bond motifs is 1. The fourth-order valence-electron chi connectivity index (χ4n) is 2.76. The minimum Gasteiger partial charge on any atom is -0.492 e. The van der Waals surface area contributed by atoms with E-state index in [1.54, 1.807) is 18.6 Å². The molecular weight excluding hydrogens is 338 g/mol. The summed E-state index contributed by atoms with van der Waals surface area (Å²) < 4.78 is 5.81. The molecule has 134 valence electrons. The van der Waals surface area contributed by atoms with Gasteiger partial charge in [0.2, 0.25) is 0 Å². The van der Waals surface area contributed by atoms with E-state index in [1.165, 1.54) is 0 Å². The Morgan fingerprint density at radius 2 is 1.78 bits per heavy atom. The van der Waals surface area contributed by atoms with Gasteiger partial charge in [-0.05, 0) is 36.4 Å². The van der Waals surface area contributed by atoms with Crippen LogP contribution < -0.4 is 9.64 Å². The van der Waals surface area contributed by atoms with E-state index in [2.05, 4.69) is 15.0 Å². The topological polar surface area (TPSA) is 64.0 Å². The van der Waals surface area contributed by atoms with Gasteiger partial charge in [0.05, 0.1) is 12.1 Å². The van der Waals surface area contributed by atoms with E-state index in [0.29, 0.717) is 19.0 Å². The lowest BCUT2D eigenvalue weighted by atomic mass is 10.2. The molecule has 0 aliphatic heterocycles. The third kappa shape index (κ3) is 3.84. The van der Waals surface area contributed by atoms with Gasteiger partial charge in [-0.15, -0.1) is 0 Å². The van der Waals surface area contributed by atoms with Crippen LogP contribution in [0.2, 0.25) is 0 Å². The Bertz CT molecular complexity index is 1020. The molecule has 0 bridgehead atoms. The standard InChI is InChI=1S/C21H19N5O/c1-26(13-14-27-17-8-3-2-4-9-17)21-19-18(10-6-12-23-19)24-20(25-21)16-7-5-11-22-15-16/h2-12,15H,13-14H2,1H3. The highest BCUT2D eigenvalue weighted by Gasteiger charge is 2.14. The largest absolute Gasteiger partial charge is 0.492 e. The first kappa shape index (κ1) is 16.9. The summed E-state index contributed by atoms with van der Waals surface area (Å²) in [6.07, 6.45) is 5.26. The molecule has 4 rings (SSSR count).